The summed E-state index contributed by atoms with van der Waals surface area (Å²) in [7, 11) is 2.03. The average Bonchev–Trinajstić information content (AvgIpc) is 3.39. The third kappa shape index (κ3) is 4.22. The van der Waals surface area contributed by atoms with Crippen molar-refractivity contribution in [2.45, 2.75) is 31.8 Å². The highest BCUT2D eigenvalue weighted by atomic mass is 16.6. The summed E-state index contributed by atoms with van der Waals surface area (Å²) in [5, 5.41) is 14.4. The minimum atomic E-state index is -0.468. The number of nitrogens with one attached hydrogen (secondary N) is 2. The number of benzene rings is 2. The number of likely N-dealkylation sites (tertiary alicyclic amines) is 1. The van der Waals surface area contributed by atoms with E-state index in [2.05, 4.69) is 16.0 Å². The second kappa shape index (κ2) is 8.73. The van der Waals surface area contributed by atoms with Crippen molar-refractivity contribution in [3.05, 3.63) is 93.8 Å². The summed E-state index contributed by atoms with van der Waals surface area (Å²) >= 11 is 0. The number of anilines is 1. The molecule has 0 spiro atoms. The Kier molecular flexibility index (Phi) is 5.86. The van der Waals surface area contributed by atoms with E-state index >= 15 is 0 Å². The molecule has 0 radical (unpaired) electrons. The Labute approximate surface area is 181 Å². The number of amides is 1. The molecule has 7 nitrogen and oxygen atoms in total. The molecule has 1 unspecified atom stereocenters. The maximum Gasteiger partial charge on any atom is 0.293 e. The number of quaternary nitrogens is 1. The van der Waals surface area contributed by atoms with E-state index in [-0.39, 0.29) is 23.3 Å². The number of hydrogen-bond donors (Lipinski definition) is 2. The van der Waals surface area contributed by atoms with Crippen molar-refractivity contribution in [2.24, 2.45) is 7.05 Å². The maximum absolute atomic E-state index is 13.6. The van der Waals surface area contributed by atoms with Crippen LogP contribution in [0.2, 0.25) is 0 Å². The highest BCUT2D eigenvalue weighted by molar-refractivity contribution is 5.96. The van der Waals surface area contributed by atoms with Crippen LogP contribution in [0.15, 0.2) is 66.9 Å². The molecule has 1 aliphatic rings. The van der Waals surface area contributed by atoms with Crippen molar-refractivity contribution in [3.8, 4) is 0 Å². The molecule has 1 aromatic heterocycles. The molecule has 3 atom stereocenters. The second-order valence-corrected chi connectivity index (χ2v) is 8.17. The van der Waals surface area contributed by atoms with Gasteiger partial charge in [0.05, 0.1) is 17.2 Å². The quantitative estimate of drug-likeness (QED) is 0.475. The van der Waals surface area contributed by atoms with Crippen LogP contribution in [0.5, 0.6) is 0 Å². The molecule has 31 heavy (non-hydrogen) atoms. The minimum absolute atomic E-state index is 0.0874. The van der Waals surface area contributed by atoms with E-state index in [1.165, 1.54) is 16.7 Å². The van der Waals surface area contributed by atoms with E-state index in [4.69, 9.17) is 0 Å². The number of rotatable bonds is 6. The molecule has 1 aliphatic heterocycles. The molecule has 7 heteroatoms. The lowest BCUT2D eigenvalue weighted by molar-refractivity contribution is -0.940. The SMILES string of the molecule is Cc1ccc(NC(=O)[C@@H](c2ccccc2)[NH+]2CCC[C@@H]2c2cccn2C)c([N+](=O)[O-])c1. The molecule has 2 aromatic carbocycles. The van der Waals surface area contributed by atoms with E-state index in [0.717, 1.165) is 30.5 Å². The van der Waals surface area contributed by atoms with Crippen molar-refractivity contribution in [1.29, 1.82) is 0 Å². The zero-order valence-corrected chi connectivity index (χ0v) is 17.7. The van der Waals surface area contributed by atoms with Gasteiger partial charge >= 0.3 is 0 Å². The normalized spacial score (nSPS) is 19.2. The summed E-state index contributed by atoms with van der Waals surface area (Å²) in [6.45, 7) is 2.66. The summed E-state index contributed by atoms with van der Waals surface area (Å²) < 4.78 is 2.11. The van der Waals surface area contributed by atoms with E-state index < -0.39 is 11.0 Å². The number of nitro benzene ring substituents is 1. The lowest BCUT2D eigenvalue weighted by Crippen LogP contribution is -3.11. The first-order valence-electron chi connectivity index (χ1n) is 10.5. The fourth-order valence-electron chi connectivity index (χ4n) is 4.67. The Balaban J connectivity index is 1.70. The van der Waals surface area contributed by atoms with Crippen LogP contribution in [0.4, 0.5) is 11.4 Å². The second-order valence-electron chi connectivity index (χ2n) is 8.17. The zero-order valence-electron chi connectivity index (χ0n) is 17.7. The predicted molar refractivity (Wildman–Crippen MR) is 119 cm³/mol. The van der Waals surface area contributed by atoms with Gasteiger partial charge in [0.15, 0.2) is 6.04 Å². The number of aryl methyl sites for hydroxylation is 2. The molecular formula is C24H27N4O3+. The van der Waals surface area contributed by atoms with Gasteiger partial charge < -0.3 is 14.8 Å². The molecular weight excluding hydrogens is 392 g/mol. The first-order chi connectivity index (χ1) is 15.0. The van der Waals surface area contributed by atoms with Crippen LogP contribution < -0.4 is 10.2 Å². The van der Waals surface area contributed by atoms with Gasteiger partial charge in [0.1, 0.15) is 11.7 Å². The van der Waals surface area contributed by atoms with Gasteiger partial charge in [0.25, 0.3) is 11.6 Å². The van der Waals surface area contributed by atoms with Crippen molar-refractivity contribution in [1.82, 2.24) is 4.57 Å². The van der Waals surface area contributed by atoms with Crippen LogP contribution in [0.3, 0.4) is 0 Å². The molecule has 2 N–H and O–H groups in total. The Morgan fingerprint density at radius 3 is 2.65 bits per heavy atom. The Morgan fingerprint density at radius 2 is 1.97 bits per heavy atom. The van der Waals surface area contributed by atoms with Crippen molar-refractivity contribution < 1.29 is 14.6 Å². The van der Waals surface area contributed by atoms with Crippen molar-refractivity contribution >= 4 is 17.3 Å². The average molecular weight is 420 g/mol. The van der Waals surface area contributed by atoms with E-state index in [9.17, 15) is 14.9 Å². The number of nitro groups is 1. The van der Waals surface area contributed by atoms with Gasteiger partial charge in [-0.3, -0.25) is 14.9 Å². The van der Waals surface area contributed by atoms with Crippen LogP contribution in [-0.2, 0) is 11.8 Å². The van der Waals surface area contributed by atoms with Gasteiger partial charge in [-0.25, -0.2) is 0 Å². The summed E-state index contributed by atoms with van der Waals surface area (Å²) in [5.41, 5.74) is 3.03. The van der Waals surface area contributed by atoms with Gasteiger partial charge in [-0.15, -0.1) is 0 Å². The van der Waals surface area contributed by atoms with Crippen molar-refractivity contribution in [2.75, 3.05) is 11.9 Å². The molecule has 0 saturated carbocycles. The standard InChI is InChI=1S/C24H26N4O3/c1-17-12-13-19(22(16-17)28(30)31)25-24(29)23(18-8-4-3-5-9-18)27-15-7-11-21(27)20-10-6-14-26(20)2/h3-6,8-10,12-14,16,21,23H,7,11,15H2,1-2H3,(H,25,29)/p+1/t21-,23-/m1/s1. The number of hydrogen-bond acceptors (Lipinski definition) is 3. The molecule has 1 fully saturated rings. The molecule has 0 bridgehead atoms. The summed E-state index contributed by atoms with van der Waals surface area (Å²) in [4.78, 5) is 25.9. The number of aromatic nitrogens is 1. The highest BCUT2D eigenvalue weighted by Crippen LogP contribution is 2.28. The lowest BCUT2D eigenvalue weighted by Gasteiger charge is -2.30. The fraction of sp³-hybridized carbons (Fsp3) is 0.292. The number of carbonyl (C=O) groups excluding carboxylic acids is 1. The molecule has 1 amide bonds. The third-order valence-corrected chi connectivity index (χ3v) is 6.12. The van der Waals surface area contributed by atoms with Gasteiger partial charge in [-0.1, -0.05) is 36.4 Å². The third-order valence-electron chi connectivity index (χ3n) is 6.12. The van der Waals surface area contributed by atoms with Gasteiger partial charge in [0, 0.05) is 37.7 Å². The summed E-state index contributed by atoms with van der Waals surface area (Å²) in [6.07, 6.45) is 4.04. The van der Waals surface area contributed by atoms with E-state index in [1.54, 1.807) is 19.1 Å². The van der Waals surface area contributed by atoms with Gasteiger partial charge in [-0.2, -0.15) is 0 Å². The maximum atomic E-state index is 13.6. The highest BCUT2D eigenvalue weighted by Gasteiger charge is 2.41. The van der Waals surface area contributed by atoms with Crippen molar-refractivity contribution in [3.63, 3.8) is 0 Å². The topological polar surface area (TPSA) is 81.6 Å². The Bertz CT molecular complexity index is 1090. The fourth-order valence-corrected chi connectivity index (χ4v) is 4.67. The first-order valence-corrected chi connectivity index (χ1v) is 10.5. The smallest absolute Gasteiger partial charge is 0.293 e. The number of nitrogens with zero attached hydrogens (tertiary/aromatic N) is 2. The Morgan fingerprint density at radius 1 is 1.19 bits per heavy atom. The van der Waals surface area contributed by atoms with Crippen LogP contribution in [0.1, 0.15) is 41.7 Å². The minimum Gasteiger partial charge on any atom is -0.350 e. The monoisotopic (exact) mass is 419 g/mol. The van der Waals surface area contributed by atoms with Gasteiger partial charge in [-0.05, 0) is 30.7 Å². The molecule has 160 valence electrons. The van der Waals surface area contributed by atoms with Crippen LogP contribution in [0.25, 0.3) is 0 Å². The lowest BCUT2D eigenvalue weighted by atomic mass is 10.0. The molecule has 4 rings (SSSR count). The van der Waals surface area contributed by atoms with E-state index in [1.807, 2.05) is 49.6 Å². The molecule has 0 aliphatic carbocycles. The first kappa shape index (κ1) is 20.8. The molecule has 1 saturated heterocycles. The van der Waals surface area contributed by atoms with Crippen LogP contribution in [-0.4, -0.2) is 21.9 Å². The van der Waals surface area contributed by atoms with Crippen LogP contribution >= 0.6 is 0 Å². The molecule has 3 aromatic rings. The largest absolute Gasteiger partial charge is 0.350 e. The number of carbonyl (C=O) groups is 1. The summed E-state index contributed by atoms with van der Waals surface area (Å²) in [6, 6.07) is 18.4. The zero-order chi connectivity index (χ0) is 22.0. The summed E-state index contributed by atoms with van der Waals surface area (Å²) in [5.74, 6) is -0.228. The Hall–Kier alpha value is -3.45. The predicted octanol–water partition coefficient (Wildman–Crippen LogP) is 3.34. The van der Waals surface area contributed by atoms with Gasteiger partial charge in [0.2, 0.25) is 0 Å². The molecule has 2 heterocycles. The van der Waals surface area contributed by atoms with Crippen LogP contribution in [0, 0.1) is 17.0 Å². The van der Waals surface area contributed by atoms with E-state index in [0.29, 0.717) is 0 Å².